The number of ether oxygens (including phenoxy) is 3. The molecule has 2 rings (SSSR count). The van der Waals surface area contributed by atoms with Crippen LogP contribution in [0.4, 0.5) is 4.79 Å². The topological polar surface area (TPSA) is 60.0 Å². The Bertz CT molecular complexity index is 719. The summed E-state index contributed by atoms with van der Waals surface area (Å²) in [5.74, 6) is 1.95. The molecule has 0 bridgehead atoms. The normalized spacial score (nSPS) is 10.2. The second-order valence-electron chi connectivity index (χ2n) is 5.84. The lowest BCUT2D eigenvalue weighted by Gasteiger charge is -2.19. The van der Waals surface area contributed by atoms with E-state index in [0.717, 1.165) is 11.1 Å². The minimum Gasteiger partial charge on any atom is -0.496 e. The molecule has 2 aromatic carbocycles. The Morgan fingerprint density at radius 1 is 0.962 bits per heavy atom. The predicted molar refractivity (Wildman–Crippen MR) is 101 cm³/mol. The molecule has 0 aromatic heterocycles. The van der Waals surface area contributed by atoms with Gasteiger partial charge in [0.1, 0.15) is 5.75 Å². The van der Waals surface area contributed by atoms with Crippen LogP contribution in [0.3, 0.4) is 0 Å². The van der Waals surface area contributed by atoms with E-state index in [2.05, 4.69) is 5.32 Å². The van der Waals surface area contributed by atoms with Gasteiger partial charge >= 0.3 is 6.03 Å². The number of hydrogen-bond acceptors (Lipinski definition) is 4. The third kappa shape index (κ3) is 5.05. The van der Waals surface area contributed by atoms with Crippen LogP contribution in [0.15, 0.2) is 42.5 Å². The van der Waals surface area contributed by atoms with Gasteiger partial charge in [0.25, 0.3) is 0 Å². The maximum absolute atomic E-state index is 12.3. The standard InChI is InChI=1S/C20H26N2O4/c1-22(14-15-8-6-5-7-9-15)20(23)21-11-10-16-12-18(25-3)19(26-4)13-17(16)24-2/h5-9,12-13H,10-11,14H2,1-4H3,(H,21,23). The maximum Gasteiger partial charge on any atom is 0.317 e. The summed E-state index contributed by atoms with van der Waals surface area (Å²) >= 11 is 0. The number of hydrogen-bond donors (Lipinski definition) is 1. The number of nitrogens with one attached hydrogen (secondary N) is 1. The first kappa shape index (κ1) is 19.4. The monoisotopic (exact) mass is 358 g/mol. The average molecular weight is 358 g/mol. The van der Waals surface area contributed by atoms with E-state index >= 15 is 0 Å². The fourth-order valence-electron chi connectivity index (χ4n) is 2.66. The van der Waals surface area contributed by atoms with E-state index in [1.54, 1.807) is 39.3 Å². The number of rotatable bonds is 8. The van der Waals surface area contributed by atoms with Crippen molar-refractivity contribution in [2.45, 2.75) is 13.0 Å². The molecule has 0 aliphatic carbocycles. The number of methoxy groups -OCH3 is 3. The molecule has 0 aliphatic rings. The zero-order valence-electron chi connectivity index (χ0n) is 15.7. The van der Waals surface area contributed by atoms with Crippen molar-refractivity contribution >= 4 is 6.03 Å². The van der Waals surface area contributed by atoms with E-state index in [4.69, 9.17) is 14.2 Å². The summed E-state index contributed by atoms with van der Waals surface area (Å²) < 4.78 is 16.0. The summed E-state index contributed by atoms with van der Waals surface area (Å²) in [6, 6.07) is 13.4. The van der Waals surface area contributed by atoms with Crippen molar-refractivity contribution in [2.75, 3.05) is 34.9 Å². The maximum atomic E-state index is 12.3. The Morgan fingerprint density at radius 3 is 2.19 bits per heavy atom. The number of carbonyl (C=O) groups excluding carboxylic acids is 1. The largest absolute Gasteiger partial charge is 0.496 e. The summed E-state index contributed by atoms with van der Waals surface area (Å²) in [6.45, 7) is 1.05. The van der Waals surface area contributed by atoms with Gasteiger partial charge in [-0.15, -0.1) is 0 Å². The predicted octanol–water partition coefficient (Wildman–Crippen LogP) is 3.10. The van der Waals surface area contributed by atoms with Crippen molar-refractivity contribution in [3.8, 4) is 17.2 Å². The van der Waals surface area contributed by atoms with Gasteiger partial charge < -0.3 is 24.4 Å². The summed E-state index contributed by atoms with van der Waals surface area (Å²) in [5.41, 5.74) is 2.03. The van der Waals surface area contributed by atoms with Gasteiger partial charge in [-0.05, 0) is 23.6 Å². The van der Waals surface area contributed by atoms with E-state index in [9.17, 15) is 4.79 Å². The minimum atomic E-state index is -0.117. The molecule has 0 aliphatic heterocycles. The number of nitrogens with zero attached hydrogens (tertiary/aromatic N) is 1. The van der Waals surface area contributed by atoms with E-state index in [0.29, 0.717) is 36.8 Å². The smallest absolute Gasteiger partial charge is 0.317 e. The lowest BCUT2D eigenvalue weighted by molar-refractivity contribution is 0.207. The third-order valence-electron chi connectivity index (χ3n) is 4.07. The molecule has 6 nitrogen and oxygen atoms in total. The van der Waals surface area contributed by atoms with Crippen LogP contribution in [0.5, 0.6) is 17.2 Å². The van der Waals surface area contributed by atoms with Crippen molar-refractivity contribution in [1.29, 1.82) is 0 Å². The zero-order valence-corrected chi connectivity index (χ0v) is 15.7. The Morgan fingerprint density at radius 2 is 1.58 bits per heavy atom. The van der Waals surface area contributed by atoms with Crippen LogP contribution in [0, 0.1) is 0 Å². The molecule has 26 heavy (non-hydrogen) atoms. The highest BCUT2D eigenvalue weighted by Crippen LogP contribution is 2.34. The molecule has 140 valence electrons. The highest BCUT2D eigenvalue weighted by Gasteiger charge is 2.13. The number of urea groups is 1. The Hall–Kier alpha value is -2.89. The molecule has 0 atom stereocenters. The Labute approximate surface area is 154 Å². The molecular formula is C20H26N2O4. The van der Waals surface area contributed by atoms with Crippen molar-refractivity contribution in [3.05, 3.63) is 53.6 Å². The molecular weight excluding hydrogens is 332 g/mol. The van der Waals surface area contributed by atoms with Crippen LogP contribution in [0.25, 0.3) is 0 Å². The van der Waals surface area contributed by atoms with Gasteiger partial charge in [-0.25, -0.2) is 4.79 Å². The van der Waals surface area contributed by atoms with Crippen LogP contribution in [0.1, 0.15) is 11.1 Å². The Kier molecular flexibility index (Phi) is 7.14. The third-order valence-corrected chi connectivity index (χ3v) is 4.07. The van der Waals surface area contributed by atoms with Gasteiger partial charge in [-0.2, -0.15) is 0 Å². The van der Waals surface area contributed by atoms with Gasteiger partial charge in [0, 0.05) is 26.2 Å². The van der Waals surface area contributed by atoms with Gasteiger partial charge in [0.15, 0.2) is 11.5 Å². The zero-order chi connectivity index (χ0) is 18.9. The van der Waals surface area contributed by atoms with Crippen molar-refractivity contribution < 1.29 is 19.0 Å². The lowest BCUT2D eigenvalue weighted by atomic mass is 10.1. The van der Waals surface area contributed by atoms with Crippen LogP contribution in [-0.4, -0.2) is 45.9 Å². The highest BCUT2D eigenvalue weighted by molar-refractivity contribution is 5.73. The second-order valence-corrected chi connectivity index (χ2v) is 5.84. The average Bonchev–Trinajstić information content (AvgIpc) is 2.68. The van der Waals surface area contributed by atoms with Gasteiger partial charge in [-0.3, -0.25) is 0 Å². The molecule has 0 saturated heterocycles. The molecule has 0 fully saturated rings. The molecule has 0 spiro atoms. The van der Waals surface area contributed by atoms with Gasteiger partial charge in [-0.1, -0.05) is 30.3 Å². The lowest BCUT2D eigenvalue weighted by Crippen LogP contribution is -2.37. The fourth-order valence-corrected chi connectivity index (χ4v) is 2.66. The SMILES string of the molecule is COc1cc(OC)c(OC)cc1CCNC(=O)N(C)Cc1ccccc1. The molecule has 1 N–H and O–H groups in total. The van der Waals surface area contributed by atoms with Crippen LogP contribution < -0.4 is 19.5 Å². The summed E-state index contributed by atoms with van der Waals surface area (Å²) in [7, 11) is 6.56. The van der Waals surface area contributed by atoms with Crippen molar-refractivity contribution in [3.63, 3.8) is 0 Å². The summed E-state index contributed by atoms with van der Waals surface area (Å²) in [4.78, 5) is 13.9. The minimum absolute atomic E-state index is 0.117. The number of amides is 2. The highest BCUT2D eigenvalue weighted by atomic mass is 16.5. The van der Waals surface area contributed by atoms with Crippen molar-refractivity contribution in [1.82, 2.24) is 10.2 Å². The summed E-state index contributed by atoms with van der Waals surface area (Å²) in [5, 5.41) is 2.93. The molecule has 0 saturated carbocycles. The van der Waals surface area contributed by atoms with Crippen LogP contribution >= 0.6 is 0 Å². The van der Waals surface area contributed by atoms with E-state index in [-0.39, 0.29) is 6.03 Å². The molecule has 6 heteroatoms. The van der Waals surface area contributed by atoms with E-state index < -0.39 is 0 Å². The number of benzene rings is 2. The molecule has 0 radical (unpaired) electrons. The first-order valence-electron chi connectivity index (χ1n) is 8.40. The van der Waals surface area contributed by atoms with E-state index in [1.807, 2.05) is 36.4 Å². The molecule has 2 amide bonds. The first-order chi connectivity index (χ1) is 12.6. The van der Waals surface area contributed by atoms with Crippen LogP contribution in [-0.2, 0) is 13.0 Å². The molecule has 0 heterocycles. The van der Waals surface area contributed by atoms with Crippen LogP contribution in [0.2, 0.25) is 0 Å². The van der Waals surface area contributed by atoms with Crippen molar-refractivity contribution in [2.24, 2.45) is 0 Å². The number of carbonyl (C=O) groups is 1. The van der Waals surface area contributed by atoms with E-state index in [1.165, 1.54) is 0 Å². The molecule has 2 aromatic rings. The Balaban J connectivity index is 1.93. The first-order valence-corrected chi connectivity index (χ1v) is 8.40. The summed E-state index contributed by atoms with van der Waals surface area (Å²) in [6.07, 6.45) is 0.619. The fraction of sp³-hybridized carbons (Fsp3) is 0.350. The molecule has 0 unspecified atom stereocenters. The second kappa shape index (κ2) is 9.56. The van der Waals surface area contributed by atoms with Gasteiger partial charge in [0.2, 0.25) is 0 Å². The quantitative estimate of drug-likeness (QED) is 0.788. The van der Waals surface area contributed by atoms with Gasteiger partial charge in [0.05, 0.1) is 21.3 Å².